The maximum atomic E-state index is 12.9. The number of sulfonamides is 1. The second-order valence-corrected chi connectivity index (χ2v) is 6.78. The number of piperidine rings is 1. The van der Waals surface area contributed by atoms with E-state index in [1.165, 1.54) is 6.07 Å². The van der Waals surface area contributed by atoms with Crippen LogP contribution in [0.3, 0.4) is 0 Å². The first-order valence-corrected chi connectivity index (χ1v) is 7.95. The molecule has 0 amide bonds. The summed E-state index contributed by atoms with van der Waals surface area (Å²) in [4.78, 5) is 0.0643. The zero-order valence-corrected chi connectivity index (χ0v) is 12.0. The second kappa shape index (κ2) is 5.64. The Morgan fingerprint density at radius 2 is 2.22 bits per heavy atom. The molecule has 1 aliphatic rings. The predicted octanol–water partition coefficient (Wildman–Crippen LogP) is 1.62. The summed E-state index contributed by atoms with van der Waals surface area (Å²) in [5.74, 6) is -0.472. The van der Waals surface area contributed by atoms with Crippen molar-refractivity contribution in [3.63, 3.8) is 0 Å². The first-order valence-electron chi connectivity index (χ1n) is 5.67. The van der Waals surface area contributed by atoms with Crippen molar-refractivity contribution in [1.82, 2.24) is 10.0 Å². The van der Waals surface area contributed by atoms with Gasteiger partial charge < -0.3 is 5.32 Å². The number of hydrogen-bond donors (Lipinski definition) is 2. The maximum absolute atomic E-state index is 12.9. The molecule has 1 aliphatic heterocycles. The molecule has 2 N–H and O–H groups in total. The highest BCUT2D eigenvalue weighted by Crippen LogP contribution is 2.23. The zero-order chi connectivity index (χ0) is 13.2. The molecule has 1 aromatic rings. The van der Waals surface area contributed by atoms with Gasteiger partial charge in [0.1, 0.15) is 5.82 Å². The van der Waals surface area contributed by atoms with E-state index >= 15 is 0 Å². The van der Waals surface area contributed by atoms with Crippen LogP contribution in [-0.2, 0) is 10.0 Å². The SMILES string of the molecule is O=S(=O)(N[C@@H]1CCCNC1)c1ccc(F)cc1Br. The fourth-order valence-electron chi connectivity index (χ4n) is 1.93. The number of nitrogens with one attached hydrogen (secondary N) is 2. The molecule has 2 rings (SSSR count). The average Bonchev–Trinajstić information content (AvgIpc) is 2.29. The zero-order valence-electron chi connectivity index (χ0n) is 9.62. The standard InChI is InChI=1S/C11H14BrFN2O2S/c12-10-6-8(13)3-4-11(10)18(16,17)15-9-2-1-5-14-7-9/h3-4,6,9,14-15H,1-2,5,7H2/t9-/m1/s1. The molecule has 1 atom stereocenters. The van der Waals surface area contributed by atoms with Crippen molar-refractivity contribution in [3.8, 4) is 0 Å². The molecule has 0 radical (unpaired) electrons. The summed E-state index contributed by atoms with van der Waals surface area (Å²) in [6.45, 7) is 1.54. The molecular formula is C11H14BrFN2O2S. The molecule has 100 valence electrons. The van der Waals surface area contributed by atoms with Crippen molar-refractivity contribution < 1.29 is 12.8 Å². The van der Waals surface area contributed by atoms with Crippen molar-refractivity contribution in [1.29, 1.82) is 0 Å². The van der Waals surface area contributed by atoms with Crippen molar-refractivity contribution >= 4 is 26.0 Å². The summed E-state index contributed by atoms with van der Waals surface area (Å²) in [6.07, 6.45) is 1.75. The highest BCUT2D eigenvalue weighted by Gasteiger charge is 2.23. The van der Waals surface area contributed by atoms with Gasteiger partial charge in [0.2, 0.25) is 10.0 Å². The fourth-order valence-corrected chi connectivity index (χ4v) is 4.25. The van der Waals surface area contributed by atoms with Gasteiger partial charge in [-0.2, -0.15) is 0 Å². The van der Waals surface area contributed by atoms with Crippen LogP contribution in [0.15, 0.2) is 27.6 Å². The first-order chi connectivity index (χ1) is 8.49. The molecule has 0 aromatic heterocycles. The van der Waals surface area contributed by atoms with Gasteiger partial charge in [0.15, 0.2) is 0 Å². The topological polar surface area (TPSA) is 58.2 Å². The summed E-state index contributed by atoms with van der Waals surface area (Å²) in [6, 6.07) is 3.44. The summed E-state index contributed by atoms with van der Waals surface area (Å²) in [5, 5.41) is 3.13. The van der Waals surface area contributed by atoms with Crippen LogP contribution in [-0.4, -0.2) is 27.5 Å². The molecule has 1 saturated heterocycles. The van der Waals surface area contributed by atoms with Gasteiger partial charge in [-0.3, -0.25) is 0 Å². The minimum atomic E-state index is -3.61. The average molecular weight is 337 g/mol. The van der Waals surface area contributed by atoms with E-state index in [4.69, 9.17) is 0 Å². The van der Waals surface area contributed by atoms with E-state index < -0.39 is 15.8 Å². The van der Waals surface area contributed by atoms with Crippen molar-refractivity contribution in [2.45, 2.75) is 23.8 Å². The van der Waals surface area contributed by atoms with Gasteiger partial charge in [-0.05, 0) is 53.5 Å². The van der Waals surface area contributed by atoms with E-state index in [0.29, 0.717) is 6.54 Å². The summed E-state index contributed by atoms with van der Waals surface area (Å²) < 4.78 is 40.1. The Kier molecular flexibility index (Phi) is 4.37. The third kappa shape index (κ3) is 3.28. The van der Waals surface area contributed by atoms with Crippen LogP contribution in [0.5, 0.6) is 0 Å². The smallest absolute Gasteiger partial charge is 0.241 e. The molecule has 0 aliphatic carbocycles. The van der Waals surface area contributed by atoms with E-state index in [2.05, 4.69) is 26.0 Å². The monoisotopic (exact) mass is 336 g/mol. The lowest BCUT2D eigenvalue weighted by Crippen LogP contribution is -2.45. The van der Waals surface area contributed by atoms with Crippen molar-refractivity contribution in [3.05, 3.63) is 28.5 Å². The quantitative estimate of drug-likeness (QED) is 0.881. The third-order valence-corrected chi connectivity index (χ3v) is 5.30. The number of rotatable bonds is 3. The van der Waals surface area contributed by atoms with E-state index in [-0.39, 0.29) is 15.4 Å². The number of benzene rings is 1. The Hall–Kier alpha value is -0.500. The largest absolute Gasteiger partial charge is 0.315 e. The summed E-state index contributed by atoms with van der Waals surface area (Å²) >= 11 is 3.07. The number of halogens is 2. The number of hydrogen-bond acceptors (Lipinski definition) is 3. The molecular weight excluding hydrogens is 323 g/mol. The lowest BCUT2D eigenvalue weighted by molar-refractivity contribution is 0.428. The normalized spacial score (nSPS) is 20.9. The summed E-state index contributed by atoms with van der Waals surface area (Å²) in [7, 11) is -3.61. The van der Waals surface area contributed by atoms with Gasteiger partial charge in [-0.15, -0.1) is 0 Å². The minimum Gasteiger partial charge on any atom is -0.315 e. The lowest BCUT2D eigenvalue weighted by Gasteiger charge is -2.23. The third-order valence-electron chi connectivity index (χ3n) is 2.80. The van der Waals surface area contributed by atoms with Crippen LogP contribution in [0.1, 0.15) is 12.8 Å². The van der Waals surface area contributed by atoms with Crippen LogP contribution in [0.4, 0.5) is 4.39 Å². The van der Waals surface area contributed by atoms with Crippen molar-refractivity contribution in [2.24, 2.45) is 0 Å². The van der Waals surface area contributed by atoms with Gasteiger partial charge in [0.25, 0.3) is 0 Å². The van der Waals surface area contributed by atoms with Crippen molar-refractivity contribution in [2.75, 3.05) is 13.1 Å². The van der Waals surface area contributed by atoms with E-state index in [1.807, 2.05) is 0 Å². The predicted molar refractivity (Wildman–Crippen MR) is 70.3 cm³/mol. The Labute approximate surface area is 114 Å². The van der Waals surface area contributed by atoms with Gasteiger partial charge in [0, 0.05) is 17.1 Å². The molecule has 1 heterocycles. The Morgan fingerprint density at radius 1 is 1.44 bits per heavy atom. The highest BCUT2D eigenvalue weighted by atomic mass is 79.9. The Bertz CT molecular complexity index is 530. The molecule has 7 heteroatoms. The molecule has 0 saturated carbocycles. The fraction of sp³-hybridized carbons (Fsp3) is 0.455. The van der Waals surface area contributed by atoms with Crippen LogP contribution < -0.4 is 10.0 Å². The maximum Gasteiger partial charge on any atom is 0.241 e. The van der Waals surface area contributed by atoms with E-state index in [1.54, 1.807) is 0 Å². The van der Waals surface area contributed by atoms with Gasteiger partial charge in [-0.1, -0.05) is 0 Å². The van der Waals surface area contributed by atoms with Gasteiger partial charge >= 0.3 is 0 Å². The molecule has 18 heavy (non-hydrogen) atoms. The van der Waals surface area contributed by atoms with Crippen LogP contribution >= 0.6 is 15.9 Å². The molecule has 0 spiro atoms. The van der Waals surface area contributed by atoms with E-state index in [0.717, 1.165) is 31.5 Å². The highest BCUT2D eigenvalue weighted by molar-refractivity contribution is 9.10. The molecule has 0 unspecified atom stereocenters. The Morgan fingerprint density at radius 3 is 2.83 bits per heavy atom. The Balaban J connectivity index is 2.19. The molecule has 0 bridgehead atoms. The van der Waals surface area contributed by atoms with Gasteiger partial charge in [0.05, 0.1) is 4.90 Å². The molecule has 1 fully saturated rings. The van der Waals surface area contributed by atoms with Gasteiger partial charge in [-0.25, -0.2) is 17.5 Å². The van der Waals surface area contributed by atoms with Crippen LogP contribution in [0.25, 0.3) is 0 Å². The first kappa shape index (κ1) is 13.9. The lowest BCUT2D eigenvalue weighted by atomic mass is 10.1. The van der Waals surface area contributed by atoms with Crippen LogP contribution in [0.2, 0.25) is 0 Å². The second-order valence-electron chi connectivity index (χ2n) is 4.24. The minimum absolute atomic E-state index is 0.0643. The van der Waals surface area contributed by atoms with Crippen LogP contribution in [0, 0.1) is 5.82 Å². The molecule has 1 aromatic carbocycles. The molecule has 4 nitrogen and oxygen atoms in total. The van der Waals surface area contributed by atoms with E-state index in [9.17, 15) is 12.8 Å². The summed E-state index contributed by atoms with van der Waals surface area (Å²) in [5.41, 5.74) is 0.